The molecule has 1 aliphatic rings. The molecule has 1 atom stereocenters. The summed E-state index contributed by atoms with van der Waals surface area (Å²) in [5.74, 6) is -0.0366. The van der Waals surface area contributed by atoms with Crippen molar-refractivity contribution < 1.29 is 21.6 Å². The van der Waals surface area contributed by atoms with Gasteiger partial charge in [0, 0.05) is 6.04 Å². The first-order valence-electron chi connectivity index (χ1n) is 7.98. The molecule has 0 amide bonds. The van der Waals surface area contributed by atoms with E-state index < -0.39 is 22.7 Å². The largest absolute Gasteiger partial charge is 0.401 e. The monoisotopic (exact) mass is 364 g/mol. The van der Waals surface area contributed by atoms with E-state index in [1.54, 1.807) is 31.2 Å². The number of benzene rings is 1. The van der Waals surface area contributed by atoms with E-state index >= 15 is 0 Å². The summed E-state index contributed by atoms with van der Waals surface area (Å²) in [4.78, 5) is 1.38. The standard InChI is InChI=1S/C16H23F3N2O2S/c1-13(15-7-9-21(10-8-15)12-16(17,18)19)20-24(22,23)11-14-5-3-2-4-6-14/h2-6,13,15,20H,7-12H2,1H3/t13-/m1/s1. The summed E-state index contributed by atoms with van der Waals surface area (Å²) in [5, 5.41) is 0. The smallest absolute Gasteiger partial charge is 0.295 e. The number of halogens is 3. The van der Waals surface area contributed by atoms with Gasteiger partial charge < -0.3 is 0 Å². The molecular formula is C16H23F3N2O2S. The lowest BCUT2D eigenvalue weighted by atomic mass is 9.91. The normalized spacial score (nSPS) is 19.3. The highest BCUT2D eigenvalue weighted by molar-refractivity contribution is 7.88. The molecular weight excluding hydrogens is 341 g/mol. The molecule has 4 nitrogen and oxygen atoms in total. The minimum atomic E-state index is -4.18. The lowest BCUT2D eigenvalue weighted by Gasteiger charge is -2.35. The zero-order valence-corrected chi connectivity index (χ0v) is 14.4. The highest BCUT2D eigenvalue weighted by Gasteiger charge is 2.34. The van der Waals surface area contributed by atoms with Crippen LogP contribution < -0.4 is 4.72 Å². The summed E-state index contributed by atoms with van der Waals surface area (Å²) in [6, 6.07) is 8.60. The first-order valence-corrected chi connectivity index (χ1v) is 9.63. The van der Waals surface area contributed by atoms with Crippen LogP contribution in [0.25, 0.3) is 0 Å². The van der Waals surface area contributed by atoms with Crippen molar-refractivity contribution in [2.75, 3.05) is 19.6 Å². The number of likely N-dealkylation sites (tertiary alicyclic amines) is 1. The molecule has 1 saturated heterocycles. The van der Waals surface area contributed by atoms with Crippen LogP contribution in [0.5, 0.6) is 0 Å². The fourth-order valence-electron chi connectivity index (χ4n) is 3.08. The van der Waals surface area contributed by atoms with Gasteiger partial charge in [-0.1, -0.05) is 30.3 Å². The molecule has 1 aromatic carbocycles. The molecule has 136 valence electrons. The molecule has 0 spiro atoms. The number of alkyl halides is 3. The minimum absolute atomic E-state index is 0.0556. The number of hydrogen-bond acceptors (Lipinski definition) is 3. The first kappa shape index (κ1) is 19.2. The van der Waals surface area contributed by atoms with Gasteiger partial charge in [-0.25, -0.2) is 13.1 Å². The Bertz CT molecular complexity index is 612. The summed E-state index contributed by atoms with van der Waals surface area (Å²) >= 11 is 0. The van der Waals surface area contributed by atoms with Gasteiger partial charge in [-0.15, -0.1) is 0 Å². The predicted molar refractivity (Wildman–Crippen MR) is 86.9 cm³/mol. The number of piperidine rings is 1. The second kappa shape index (κ2) is 7.84. The lowest BCUT2D eigenvalue weighted by Crippen LogP contribution is -2.46. The number of sulfonamides is 1. The second-order valence-electron chi connectivity index (χ2n) is 6.38. The molecule has 0 bridgehead atoms. The Kier molecular flexibility index (Phi) is 6.28. The van der Waals surface area contributed by atoms with Crippen molar-refractivity contribution in [2.24, 2.45) is 5.92 Å². The van der Waals surface area contributed by atoms with Crippen molar-refractivity contribution in [1.82, 2.24) is 9.62 Å². The van der Waals surface area contributed by atoms with Gasteiger partial charge in [-0.2, -0.15) is 13.2 Å². The van der Waals surface area contributed by atoms with Crippen molar-refractivity contribution in [1.29, 1.82) is 0 Å². The molecule has 0 saturated carbocycles. The fraction of sp³-hybridized carbons (Fsp3) is 0.625. The Morgan fingerprint density at radius 3 is 2.33 bits per heavy atom. The van der Waals surface area contributed by atoms with Crippen LogP contribution in [0, 0.1) is 5.92 Å². The fourth-order valence-corrected chi connectivity index (χ4v) is 4.55. The number of nitrogens with one attached hydrogen (secondary N) is 1. The van der Waals surface area contributed by atoms with E-state index in [4.69, 9.17) is 0 Å². The maximum Gasteiger partial charge on any atom is 0.401 e. The maximum atomic E-state index is 12.4. The molecule has 0 aromatic heterocycles. The third-order valence-electron chi connectivity index (χ3n) is 4.31. The molecule has 1 heterocycles. The van der Waals surface area contributed by atoms with Crippen molar-refractivity contribution in [3.8, 4) is 0 Å². The molecule has 0 radical (unpaired) electrons. The summed E-state index contributed by atoms with van der Waals surface area (Å²) in [7, 11) is -3.47. The van der Waals surface area contributed by atoms with Crippen LogP contribution in [0.3, 0.4) is 0 Å². The van der Waals surface area contributed by atoms with E-state index in [1.165, 1.54) is 4.90 Å². The molecule has 1 aliphatic heterocycles. The van der Waals surface area contributed by atoms with Gasteiger partial charge in [0.15, 0.2) is 0 Å². The van der Waals surface area contributed by atoms with E-state index in [-0.39, 0.29) is 17.7 Å². The van der Waals surface area contributed by atoms with Gasteiger partial charge in [-0.05, 0) is 44.3 Å². The average molecular weight is 364 g/mol. The summed E-state index contributed by atoms with van der Waals surface area (Å²) in [6.45, 7) is 1.57. The third-order valence-corrected chi connectivity index (χ3v) is 5.75. The van der Waals surface area contributed by atoms with Crippen LogP contribution in [-0.2, 0) is 15.8 Å². The van der Waals surface area contributed by atoms with Gasteiger partial charge in [0.2, 0.25) is 10.0 Å². The zero-order valence-electron chi connectivity index (χ0n) is 13.6. The van der Waals surface area contributed by atoms with Gasteiger partial charge in [0.1, 0.15) is 0 Å². The van der Waals surface area contributed by atoms with Crippen LogP contribution in [-0.4, -0.2) is 45.2 Å². The summed E-state index contributed by atoms with van der Waals surface area (Å²) in [6.07, 6.45) is -3.06. The highest BCUT2D eigenvalue weighted by Crippen LogP contribution is 2.24. The average Bonchev–Trinajstić information content (AvgIpc) is 2.46. The number of nitrogens with zero attached hydrogens (tertiary/aromatic N) is 1. The molecule has 0 unspecified atom stereocenters. The molecule has 1 fully saturated rings. The van der Waals surface area contributed by atoms with E-state index in [9.17, 15) is 21.6 Å². The van der Waals surface area contributed by atoms with Crippen LogP contribution in [0.4, 0.5) is 13.2 Å². The Hall–Kier alpha value is -1.12. The van der Waals surface area contributed by atoms with Gasteiger partial charge >= 0.3 is 6.18 Å². The van der Waals surface area contributed by atoms with Crippen molar-refractivity contribution >= 4 is 10.0 Å². The molecule has 8 heteroatoms. The van der Waals surface area contributed by atoms with Crippen LogP contribution in [0.15, 0.2) is 30.3 Å². The Labute approximate surface area is 141 Å². The minimum Gasteiger partial charge on any atom is -0.295 e. The van der Waals surface area contributed by atoms with Crippen LogP contribution in [0.2, 0.25) is 0 Å². The number of hydrogen-bond donors (Lipinski definition) is 1. The molecule has 1 N–H and O–H groups in total. The highest BCUT2D eigenvalue weighted by atomic mass is 32.2. The van der Waals surface area contributed by atoms with Crippen molar-refractivity contribution in [3.05, 3.63) is 35.9 Å². The van der Waals surface area contributed by atoms with E-state index in [0.717, 1.165) is 0 Å². The third kappa shape index (κ3) is 6.41. The summed E-state index contributed by atoms with van der Waals surface area (Å²) in [5.41, 5.74) is 0.706. The predicted octanol–water partition coefficient (Wildman–Crippen LogP) is 2.77. The second-order valence-corrected chi connectivity index (χ2v) is 8.13. The van der Waals surface area contributed by atoms with Gasteiger partial charge in [-0.3, -0.25) is 4.90 Å². The van der Waals surface area contributed by atoms with E-state index in [0.29, 0.717) is 31.5 Å². The van der Waals surface area contributed by atoms with Gasteiger partial charge in [0.25, 0.3) is 0 Å². The van der Waals surface area contributed by atoms with Crippen molar-refractivity contribution in [3.63, 3.8) is 0 Å². The molecule has 24 heavy (non-hydrogen) atoms. The van der Waals surface area contributed by atoms with Gasteiger partial charge in [0.05, 0.1) is 12.3 Å². The first-order chi connectivity index (χ1) is 11.1. The zero-order chi connectivity index (χ0) is 17.8. The maximum absolute atomic E-state index is 12.4. The Balaban J connectivity index is 1.83. The molecule has 2 rings (SSSR count). The SMILES string of the molecule is C[C@@H](NS(=O)(=O)Cc1ccccc1)C1CCN(CC(F)(F)F)CC1. The van der Waals surface area contributed by atoms with Crippen LogP contribution in [0.1, 0.15) is 25.3 Å². The Morgan fingerprint density at radius 1 is 1.21 bits per heavy atom. The Morgan fingerprint density at radius 2 is 1.79 bits per heavy atom. The van der Waals surface area contributed by atoms with Crippen molar-refractivity contribution in [2.45, 2.75) is 37.7 Å². The number of rotatable bonds is 6. The van der Waals surface area contributed by atoms with E-state index in [1.807, 2.05) is 6.07 Å². The molecule has 0 aliphatic carbocycles. The topological polar surface area (TPSA) is 49.4 Å². The van der Waals surface area contributed by atoms with E-state index in [2.05, 4.69) is 4.72 Å². The van der Waals surface area contributed by atoms with Crippen LogP contribution >= 0.6 is 0 Å². The summed E-state index contributed by atoms with van der Waals surface area (Å²) < 4.78 is 64.3. The quantitative estimate of drug-likeness (QED) is 0.844. The lowest BCUT2D eigenvalue weighted by molar-refractivity contribution is -0.148. The molecule has 1 aromatic rings.